The van der Waals surface area contributed by atoms with E-state index in [2.05, 4.69) is 10.6 Å². The molecular formula is C22H23N3O3S. The number of carbonyl (C=O) groups excluding carboxylic acids is 3. The number of carbonyl (C=O) groups is 3. The number of likely N-dealkylation sites (tertiary alicyclic amines) is 1. The monoisotopic (exact) mass is 409 g/mol. The lowest BCUT2D eigenvalue weighted by atomic mass is 9.86. The first-order valence-corrected chi connectivity index (χ1v) is 11.0. The van der Waals surface area contributed by atoms with Crippen LogP contribution in [0.25, 0.3) is 0 Å². The lowest BCUT2D eigenvalue weighted by molar-refractivity contribution is -0.119. The van der Waals surface area contributed by atoms with Crippen LogP contribution >= 0.6 is 11.3 Å². The topological polar surface area (TPSA) is 78.5 Å². The van der Waals surface area contributed by atoms with Crippen LogP contribution < -0.4 is 10.6 Å². The van der Waals surface area contributed by atoms with Crippen LogP contribution in [0.5, 0.6) is 0 Å². The van der Waals surface area contributed by atoms with Crippen molar-refractivity contribution < 1.29 is 14.4 Å². The van der Waals surface area contributed by atoms with Crippen molar-refractivity contribution in [3.8, 4) is 0 Å². The van der Waals surface area contributed by atoms with Crippen molar-refractivity contribution in [2.24, 2.45) is 5.41 Å². The number of benzene rings is 1. The Labute approximate surface area is 173 Å². The molecule has 3 amide bonds. The molecule has 2 aromatic rings. The van der Waals surface area contributed by atoms with Crippen molar-refractivity contribution in [2.75, 3.05) is 25.0 Å². The van der Waals surface area contributed by atoms with Crippen LogP contribution in [0.15, 0.2) is 29.6 Å². The third-order valence-electron chi connectivity index (χ3n) is 6.41. The number of thiophene rings is 1. The molecule has 3 heterocycles. The van der Waals surface area contributed by atoms with Crippen LogP contribution in [0.1, 0.15) is 51.1 Å². The molecule has 2 N–H and O–H groups in total. The predicted octanol–water partition coefficient (Wildman–Crippen LogP) is 2.84. The van der Waals surface area contributed by atoms with Crippen LogP contribution in [-0.2, 0) is 17.6 Å². The molecule has 1 spiro atoms. The average molecular weight is 410 g/mol. The first-order valence-electron chi connectivity index (χ1n) is 10.1. The zero-order valence-electron chi connectivity index (χ0n) is 16.1. The molecule has 0 bridgehead atoms. The molecular weight excluding hydrogens is 386 g/mol. The molecule has 7 heteroatoms. The lowest BCUT2D eigenvalue weighted by Crippen LogP contribution is -2.33. The maximum Gasteiger partial charge on any atom is 0.256 e. The van der Waals surface area contributed by atoms with E-state index in [1.165, 1.54) is 22.5 Å². The second-order valence-corrected chi connectivity index (χ2v) is 9.30. The van der Waals surface area contributed by atoms with Gasteiger partial charge in [-0.2, -0.15) is 0 Å². The van der Waals surface area contributed by atoms with Crippen molar-refractivity contribution >= 4 is 34.1 Å². The first kappa shape index (κ1) is 18.4. The van der Waals surface area contributed by atoms with Gasteiger partial charge in [-0.05, 0) is 60.4 Å². The van der Waals surface area contributed by atoms with Gasteiger partial charge in [0.15, 0.2) is 0 Å². The fourth-order valence-corrected chi connectivity index (χ4v) is 5.56. The Morgan fingerprint density at radius 1 is 1.17 bits per heavy atom. The van der Waals surface area contributed by atoms with Crippen molar-refractivity contribution in [2.45, 2.75) is 32.1 Å². The minimum absolute atomic E-state index is 0.0668. The Balaban J connectivity index is 1.30. The molecule has 1 aliphatic carbocycles. The SMILES string of the molecule is O=C1CC2(CCN(C(=O)c3ccsc3NC(=O)c3ccc4c(c3)CCC4)C2)CN1. The number of fused-ring (bicyclic) bond motifs is 1. The van der Waals surface area contributed by atoms with Gasteiger partial charge in [0.2, 0.25) is 5.91 Å². The van der Waals surface area contributed by atoms with Crippen LogP contribution in [0.4, 0.5) is 5.00 Å². The molecule has 0 radical (unpaired) electrons. The smallest absolute Gasteiger partial charge is 0.256 e. The highest BCUT2D eigenvalue weighted by Crippen LogP contribution is 2.38. The van der Waals surface area contributed by atoms with Gasteiger partial charge in [0.05, 0.1) is 5.56 Å². The molecule has 3 aliphatic rings. The zero-order chi connectivity index (χ0) is 20.0. The summed E-state index contributed by atoms with van der Waals surface area (Å²) in [5, 5.41) is 8.24. The van der Waals surface area contributed by atoms with Gasteiger partial charge in [0.1, 0.15) is 5.00 Å². The van der Waals surface area contributed by atoms with Gasteiger partial charge in [0.25, 0.3) is 11.8 Å². The van der Waals surface area contributed by atoms with E-state index in [-0.39, 0.29) is 23.1 Å². The molecule has 2 aliphatic heterocycles. The van der Waals surface area contributed by atoms with Crippen LogP contribution in [-0.4, -0.2) is 42.3 Å². The Bertz CT molecular complexity index is 1010. The van der Waals surface area contributed by atoms with E-state index in [0.717, 1.165) is 25.7 Å². The molecule has 5 rings (SSSR count). The third kappa shape index (κ3) is 3.33. The normalized spacial score (nSPS) is 22.8. The van der Waals surface area contributed by atoms with Gasteiger partial charge < -0.3 is 15.5 Å². The molecule has 29 heavy (non-hydrogen) atoms. The predicted molar refractivity (Wildman–Crippen MR) is 111 cm³/mol. The number of amides is 3. The molecule has 1 atom stereocenters. The minimum Gasteiger partial charge on any atom is -0.355 e. The van der Waals surface area contributed by atoms with E-state index in [4.69, 9.17) is 0 Å². The quantitative estimate of drug-likeness (QED) is 0.818. The van der Waals surface area contributed by atoms with Crippen LogP contribution in [0.3, 0.4) is 0 Å². The highest BCUT2D eigenvalue weighted by molar-refractivity contribution is 7.14. The van der Waals surface area contributed by atoms with Crippen molar-refractivity contribution in [1.29, 1.82) is 0 Å². The summed E-state index contributed by atoms with van der Waals surface area (Å²) in [6.07, 6.45) is 4.57. The maximum absolute atomic E-state index is 13.1. The summed E-state index contributed by atoms with van der Waals surface area (Å²) < 4.78 is 0. The van der Waals surface area contributed by atoms with Gasteiger partial charge in [-0.3, -0.25) is 14.4 Å². The van der Waals surface area contributed by atoms with E-state index in [0.29, 0.717) is 42.2 Å². The Morgan fingerprint density at radius 2 is 2.03 bits per heavy atom. The zero-order valence-corrected chi connectivity index (χ0v) is 16.9. The van der Waals surface area contributed by atoms with Gasteiger partial charge in [-0.25, -0.2) is 0 Å². The van der Waals surface area contributed by atoms with Gasteiger partial charge >= 0.3 is 0 Å². The van der Waals surface area contributed by atoms with Gasteiger partial charge in [0, 0.05) is 37.0 Å². The number of aryl methyl sites for hydroxylation is 2. The van der Waals surface area contributed by atoms with Gasteiger partial charge in [-0.1, -0.05) is 6.07 Å². The van der Waals surface area contributed by atoms with Crippen LogP contribution in [0.2, 0.25) is 0 Å². The number of anilines is 1. The summed E-state index contributed by atoms with van der Waals surface area (Å²) in [6, 6.07) is 7.65. The Kier molecular flexibility index (Phi) is 4.42. The molecule has 6 nitrogen and oxygen atoms in total. The third-order valence-corrected chi connectivity index (χ3v) is 7.23. The Hall–Kier alpha value is -2.67. The second-order valence-electron chi connectivity index (χ2n) is 8.38. The highest BCUT2D eigenvalue weighted by atomic mass is 32.1. The molecule has 2 saturated heterocycles. The van der Waals surface area contributed by atoms with Gasteiger partial charge in [-0.15, -0.1) is 11.3 Å². The molecule has 1 aromatic heterocycles. The second kappa shape index (κ2) is 6.99. The molecule has 2 fully saturated rings. The number of hydrogen-bond acceptors (Lipinski definition) is 4. The highest BCUT2D eigenvalue weighted by Gasteiger charge is 2.45. The van der Waals surface area contributed by atoms with E-state index < -0.39 is 0 Å². The molecule has 0 saturated carbocycles. The van der Waals surface area contributed by atoms with Crippen molar-refractivity contribution in [3.63, 3.8) is 0 Å². The fraction of sp³-hybridized carbons (Fsp3) is 0.409. The average Bonchev–Trinajstić information content (AvgIpc) is 3.49. The summed E-state index contributed by atoms with van der Waals surface area (Å²) in [5.74, 6) is -0.191. The minimum atomic E-state index is -0.181. The number of hydrogen-bond donors (Lipinski definition) is 2. The summed E-state index contributed by atoms with van der Waals surface area (Å²) in [4.78, 5) is 39.3. The van der Waals surface area contributed by atoms with Crippen LogP contribution in [0, 0.1) is 5.41 Å². The fourth-order valence-electron chi connectivity index (χ4n) is 4.78. The lowest BCUT2D eigenvalue weighted by Gasteiger charge is -2.22. The van der Waals surface area contributed by atoms with Crippen molar-refractivity contribution in [3.05, 3.63) is 51.9 Å². The summed E-state index contributed by atoms with van der Waals surface area (Å²) in [6.45, 7) is 1.86. The van der Waals surface area contributed by atoms with E-state index in [9.17, 15) is 14.4 Å². The van der Waals surface area contributed by atoms with E-state index in [1.807, 2.05) is 28.5 Å². The summed E-state index contributed by atoms with van der Waals surface area (Å²) in [5.41, 5.74) is 3.61. The number of nitrogens with one attached hydrogen (secondary N) is 2. The van der Waals surface area contributed by atoms with Crippen molar-refractivity contribution in [1.82, 2.24) is 10.2 Å². The summed E-state index contributed by atoms with van der Waals surface area (Å²) >= 11 is 1.36. The largest absolute Gasteiger partial charge is 0.355 e. The number of rotatable bonds is 3. The molecule has 1 aromatic carbocycles. The van der Waals surface area contributed by atoms with E-state index >= 15 is 0 Å². The number of nitrogens with zero attached hydrogens (tertiary/aromatic N) is 1. The van der Waals surface area contributed by atoms with E-state index in [1.54, 1.807) is 6.07 Å². The standard InChI is InChI=1S/C22H23N3O3S/c26-18-11-22(12-23-18)7-8-25(13-22)21(28)17-6-9-29-20(17)24-19(27)16-5-4-14-2-1-3-15(14)10-16/h4-6,9-10H,1-3,7-8,11-13H2,(H,23,26)(H,24,27). The maximum atomic E-state index is 13.1. The first-order chi connectivity index (χ1) is 14.0. The summed E-state index contributed by atoms with van der Waals surface area (Å²) in [7, 11) is 0. The molecule has 150 valence electrons. The molecule has 1 unspecified atom stereocenters. The Morgan fingerprint density at radius 3 is 2.86 bits per heavy atom.